The summed E-state index contributed by atoms with van der Waals surface area (Å²) in [6, 6.07) is 4.42. The van der Waals surface area contributed by atoms with Gasteiger partial charge < -0.3 is 10.5 Å². The van der Waals surface area contributed by atoms with Gasteiger partial charge in [-0.1, -0.05) is 15.9 Å². The van der Waals surface area contributed by atoms with E-state index in [4.69, 9.17) is 10.5 Å². The molecule has 0 aliphatic heterocycles. The van der Waals surface area contributed by atoms with Crippen LogP contribution < -0.4 is 15.8 Å². The molecule has 0 aliphatic carbocycles. The summed E-state index contributed by atoms with van der Waals surface area (Å²) >= 11 is 3.35. The summed E-state index contributed by atoms with van der Waals surface area (Å²) in [6.45, 7) is 1.66. The number of rotatable bonds is 3. The quantitative estimate of drug-likeness (QED) is 0.880. The van der Waals surface area contributed by atoms with E-state index in [-0.39, 0.29) is 6.61 Å². The minimum atomic E-state index is -0.888. The SMILES string of the molecule is Cc1cc(OCC(=O)NC(N)=O)ccc1Br. The van der Waals surface area contributed by atoms with E-state index in [0.717, 1.165) is 10.0 Å². The van der Waals surface area contributed by atoms with Crippen LogP contribution in [0.2, 0.25) is 0 Å². The first-order chi connectivity index (χ1) is 7.49. The van der Waals surface area contributed by atoms with Gasteiger partial charge in [-0.25, -0.2) is 4.79 Å². The number of hydrogen-bond donors (Lipinski definition) is 2. The molecule has 5 nitrogen and oxygen atoms in total. The van der Waals surface area contributed by atoms with Crippen molar-refractivity contribution < 1.29 is 14.3 Å². The molecule has 0 aromatic heterocycles. The molecule has 0 heterocycles. The van der Waals surface area contributed by atoms with Crippen molar-refractivity contribution in [2.45, 2.75) is 6.92 Å². The van der Waals surface area contributed by atoms with Crippen molar-refractivity contribution in [1.82, 2.24) is 5.32 Å². The predicted octanol–water partition coefficient (Wildman–Crippen LogP) is 1.33. The number of amides is 3. The molecule has 0 atom stereocenters. The molecule has 0 fully saturated rings. The Morgan fingerprint density at radius 2 is 2.19 bits per heavy atom. The normalized spacial score (nSPS) is 9.62. The smallest absolute Gasteiger partial charge is 0.318 e. The summed E-state index contributed by atoms with van der Waals surface area (Å²) in [5.74, 6) is -0.0200. The fraction of sp³-hybridized carbons (Fsp3) is 0.200. The molecule has 0 bridgehead atoms. The maximum absolute atomic E-state index is 11.0. The molecule has 6 heteroatoms. The van der Waals surface area contributed by atoms with Gasteiger partial charge >= 0.3 is 6.03 Å². The van der Waals surface area contributed by atoms with Gasteiger partial charge in [0, 0.05) is 4.47 Å². The van der Waals surface area contributed by atoms with Gasteiger partial charge in [0.1, 0.15) is 5.75 Å². The van der Waals surface area contributed by atoms with Gasteiger partial charge in [0.15, 0.2) is 6.61 Å². The third-order valence-corrected chi connectivity index (χ3v) is 2.65. The number of benzene rings is 1. The zero-order valence-corrected chi connectivity index (χ0v) is 10.2. The van der Waals surface area contributed by atoms with Crippen molar-refractivity contribution in [1.29, 1.82) is 0 Å². The first-order valence-electron chi connectivity index (χ1n) is 4.47. The minimum absolute atomic E-state index is 0.246. The van der Waals surface area contributed by atoms with Crippen molar-refractivity contribution in [2.24, 2.45) is 5.73 Å². The molecule has 3 amide bonds. The number of hydrogen-bond acceptors (Lipinski definition) is 3. The number of aryl methyl sites for hydroxylation is 1. The Balaban J connectivity index is 2.51. The number of halogens is 1. The lowest BCUT2D eigenvalue weighted by atomic mass is 10.2. The molecule has 1 aromatic carbocycles. The minimum Gasteiger partial charge on any atom is -0.484 e. The molecule has 0 saturated heterocycles. The van der Waals surface area contributed by atoms with E-state index in [2.05, 4.69) is 15.9 Å². The molecule has 1 aromatic rings. The van der Waals surface area contributed by atoms with E-state index in [0.29, 0.717) is 5.75 Å². The van der Waals surface area contributed by atoms with Crippen LogP contribution in [-0.4, -0.2) is 18.5 Å². The molecular weight excluding hydrogens is 276 g/mol. The van der Waals surface area contributed by atoms with Gasteiger partial charge in [-0.05, 0) is 30.7 Å². The fourth-order valence-electron chi connectivity index (χ4n) is 1.03. The topological polar surface area (TPSA) is 81.4 Å². The maximum Gasteiger partial charge on any atom is 0.318 e. The van der Waals surface area contributed by atoms with Crippen LogP contribution >= 0.6 is 15.9 Å². The Hall–Kier alpha value is -1.56. The number of carbonyl (C=O) groups is 2. The van der Waals surface area contributed by atoms with Gasteiger partial charge in [0.2, 0.25) is 0 Å². The van der Waals surface area contributed by atoms with Crippen LogP contribution in [0, 0.1) is 6.92 Å². The molecule has 86 valence electrons. The summed E-state index contributed by atoms with van der Waals surface area (Å²) in [7, 11) is 0. The van der Waals surface area contributed by atoms with Crippen LogP contribution in [0.1, 0.15) is 5.56 Å². The van der Waals surface area contributed by atoms with Gasteiger partial charge in [-0.2, -0.15) is 0 Å². The number of nitrogens with two attached hydrogens (primary N) is 1. The van der Waals surface area contributed by atoms with Gasteiger partial charge in [0.25, 0.3) is 5.91 Å². The number of carbonyl (C=O) groups excluding carboxylic acids is 2. The van der Waals surface area contributed by atoms with Crippen LogP contribution in [0.15, 0.2) is 22.7 Å². The third kappa shape index (κ3) is 3.90. The van der Waals surface area contributed by atoms with Gasteiger partial charge in [-0.15, -0.1) is 0 Å². The Kier molecular flexibility index (Phi) is 4.30. The van der Waals surface area contributed by atoms with Crippen LogP contribution in [0.25, 0.3) is 0 Å². The van der Waals surface area contributed by atoms with E-state index < -0.39 is 11.9 Å². The highest BCUT2D eigenvalue weighted by Gasteiger charge is 2.05. The van der Waals surface area contributed by atoms with Crippen molar-refractivity contribution in [3.63, 3.8) is 0 Å². The number of nitrogens with one attached hydrogen (secondary N) is 1. The first-order valence-corrected chi connectivity index (χ1v) is 5.26. The monoisotopic (exact) mass is 286 g/mol. The Morgan fingerprint density at radius 1 is 1.50 bits per heavy atom. The van der Waals surface area contributed by atoms with Crippen LogP contribution in [0.3, 0.4) is 0 Å². The van der Waals surface area contributed by atoms with E-state index in [9.17, 15) is 9.59 Å². The standard InChI is InChI=1S/C10H11BrN2O3/c1-6-4-7(2-3-8(6)11)16-5-9(14)13-10(12)15/h2-4H,5H2,1H3,(H3,12,13,14,15). The highest BCUT2D eigenvalue weighted by molar-refractivity contribution is 9.10. The van der Waals surface area contributed by atoms with Crippen molar-refractivity contribution >= 4 is 27.9 Å². The number of urea groups is 1. The lowest BCUT2D eigenvalue weighted by Crippen LogP contribution is -2.38. The van der Waals surface area contributed by atoms with E-state index >= 15 is 0 Å². The predicted molar refractivity (Wildman–Crippen MR) is 62.1 cm³/mol. The summed E-state index contributed by atoms with van der Waals surface area (Å²) < 4.78 is 6.12. The number of imide groups is 1. The van der Waals surface area contributed by atoms with E-state index in [1.165, 1.54) is 0 Å². The molecule has 16 heavy (non-hydrogen) atoms. The van der Waals surface area contributed by atoms with E-state index in [1.807, 2.05) is 18.3 Å². The molecule has 0 aliphatic rings. The number of ether oxygens (including phenoxy) is 1. The second kappa shape index (κ2) is 5.50. The highest BCUT2D eigenvalue weighted by Crippen LogP contribution is 2.21. The zero-order valence-electron chi connectivity index (χ0n) is 8.62. The second-order valence-electron chi connectivity index (χ2n) is 3.11. The summed E-state index contributed by atoms with van der Waals surface area (Å²) in [5, 5.41) is 1.90. The van der Waals surface area contributed by atoms with Gasteiger partial charge in [0.05, 0.1) is 0 Å². The molecular formula is C10H11BrN2O3. The first kappa shape index (κ1) is 12.5. The maximum atomic E-state index is 11.0. The van der Waals surface area contributed by atoms with Crippen molar-refractivity contribution in [2.75, 3.05) is 6.61 Å². The molecule has 0 spiro atoms. The fourth-order valence-corrected chi connectivity index (χ4v) is 1.28. The molecule has 0 saturated carbocycles. The van der Waals surface area contributed by atoms with Crippen LogP contribution in [0.5, 0.6) is 5.75 Å². The lowest BCUT2D eigenvalue weighted by Gasteiger charge is -2.06. The Bertz CT molecular complexity index is 421. The average Bonchev–Trinajstić information content (AvgIpc) is 2.19. The highest BCUT2D eigenvalue weighted by atomic mass is 79.9. The molecule has 0 unspecified atom stereocenters. The Labute approximate surface area is 101 Å². The molecule has 1 rings (SSSR count). The number of primary amides is 1. The van der Waals surface area contributed by atoms with Crippen molar-refractivity contribution in [3.8, 4) is 5.75 Å². The molecule has 0 radical (unpaired) electrons. The summed E-state index contributed by atoms with van der Waals surface area (Å²) in [4.78, 5) is 21.4. The lowest BCUT2D eigenvalue weighted by molar-refractivity contribution is -0.121. The largest absolute Gasteiger partial charge is 0.484 e. The van der Waals surface area contributed by atoms with Crippen LogP contribution in [0.4, 0.5) is 4.79 Å². The van der Waals surface area contributed by atoms with Gasteiger partial charge in [-0.3, -0.25) is 10.1 Å². The summed E-state index contributed by atoms with van der Waals surface area (Å²) in [5.41, 5.74) is 5.77. The second-order valence-corrected chi connectivity index (χ2v) is 3.97. The average molecular weight is 287 g/mol. The van der Waals surface area contributed by atoms with E-state index in [1.54, 1.807) is 12.1 Å². The zero-order chi connectivity index (χ0) is 12.1. The third-order valence-electron chi connectivity index (χ3n) is 1.76. The van der Waals surface area contributed by atoms with Crippen LogP contribution in [-0.2, 0) is 4.79 Å². The molecule has 3 N–H and O–H groups in total. The van der Waals surface area contributed by atoms with Crippen molar-refractivity contribution in [3.05, 3.63) is 28.2 Å². The Morgan fingerprint density at radius 3 is 2.75 bits per heavy atom. The summed E-state index contributed by atoms with van der Waals surface area (Å²) in [6.07, 6.45) is 0.